The molecule has 1 N–H and O–H groups in total. The van der Waals surface area contributed by atoms with Crippen LogP contribution >= 0.6 is 11.3 Å². The maximum absolute atomic E-state index is 12.2. The number of nitrogens with zero attached hydrogens (tertiary/aromatic N) is 1. The number of ether oxygens (including phenoxy) is 3. The summed E-state index contributed by atoms with van der Waals surface area (Å²) in [6.45, 7) is 3.84. The van der Waals surface area contributed by atoms with Gasteiger partial charge in [-0.2, -0.15) is 0 Å². The number of rotatable bonds is 7. The predicted molar refractivity (Wildman–Crippen MR) is 111 cm³/mol. The zero-order valence-electron chi connectivity index (χ0n) is 16.2. The first kappa shape index (κ1) is 19.7. The molecule has 0 unspecified atom stereocenters. The Morgan fingerprint density at radius 1 is 1.07 bits per heavy atom. The van der Waals surface area contributed by atoms with Crippen molar-refractivity contribution in [3.8, 4) is 28.5 Å². The minimum Gasteiger partial charge on any atom is -0.493 e. The van der Waals surface area contributed by atoms with E-state index in [9.17, 15) is 4.79 Å². The number of carbonyl (C=O) groups excluding carboxylic acids is 1. The van der Waals surface area contributed by atoms with Crippen molar-refractivity contribution in [2.45, 2.75) is 13.8 Å². The lowest BCUT2D eigenvalue weighted by Crippen LogP contribution is -2.20. The van der Waals surface area contributed by atoms with E-state index >= 15 is 0 Å². The number of methoxy groups -OCH3 is 2. The summed E-state index contributed by atoms with van der Waals surface area (Å²) in [5.41, 5.74) is 3.62. The number of thiazole rings is 1. The standard InChI is InChI=1S/C21H22N2O4S/c1-13-6-5-7-14(2)20(13)27-11-19(24)23-21-22-16(12-28-21)15-8-9-17(25-3)18(10-15)26-4/h5-10,12H,11H2,1-4H3,(H,22,23,24). The van der Waals surface area contributed by atoms with E-state index in [2.05, 4.69) is 10.3 Å². The number of aromatic nitrogens is 1. The first-order chi connectivity index (χ1) is 13.5. The molecule has 0 aliphatic heterocycles. The molecular formula is C21H22N2O4S. The summed E-state index contributed by atoms with van der Waals surface area (Å²) in [6.07, 6.45) is 0. The van der Waals surface area contributed by atoms with Gasteiger partial charge >= 0.3 is 0 Å². The van der Waals surface area contributed by atoms with Crippen LogP contribution in [0.4, 0.5) is 5.13 Å². The van der Waals surface area contributed by atoms with Crippen molar-refractivity contribution in [2.75, 3.05) is 26.1 Å². The molecule has 0 saturated heterocycles. The molecule has 3 rings (SSSR count). The van der Waals surface area contributed by atoms with E-state index in [4.69, 9.17) is 14.2 Å². The second kappa shape index (κ2) is 8.75. The molecule has 146 valence electrons. The maximum atomic E-state index is 12.2. The van der Waals surface area contributed by atoms with Crippen LogP contribution in [0.1, 0.15) is 11.1 Å². The van der Waals surface area contributed by atoms with Crippen molar-refractivity contribution in [3.63, 3.8) is 0 Å². The van der Waals surface area contributed by atoms with Gasteiger partial charge in [-0.3, -0.25) is 10.1 Å². The monoisotopic (exact) mass is 398 g/mol. The van der Waals surface area contributed by atoms with E-state index in [1.165, 1.54) is 11.3 Å². The van der Waals surface area contributed by atoms with Gasteiger partial charge in [-0.25, -0.2) is 4.98 Å². The summed E-state index contributed by atoms with van der Waals surface area (Å²) in [6, 6.07) is 11.4. The van der Waals surface area contributed by atoms with Gasteiger partial charge in [0.1, 0.15) is 5.75 Å². The largest absolute Gasteiger partial charge is 0.493 e. The van der Waals surface area contributed by atoms with Gasteiger partial charge in [-0.1, -0.05) is 18.2 Å². The summed E-state index contributed by atoms with van der Waals surface area (Å²) in [4.78, 5) is 16.7. The predicted octanol–water partition coefficient (Wildman–Crippen LogP) is 4.46. The van der Waals surface area contributed by atoms with Crippen molar-refractivity contribution >= 4 is 22.4 Å². The number of para-hydroxylation sites is 1. The van der Waals surface area contributed by atoms with Crippen LogP contribution in [0.5, 0.6) is 17.2 Å². The van der Waals surface area contributed by atoms with Gasteiger partial charge in [0.25, 0.3) is 5.91 Å². The number of aryl methyl sites for hydroxylation is 2. The van der Waals surface area contributed by atoms with Crippen LogP contribution in [0.2, 0.25) is 0 Å². The molecule has 1 aromatic heterocycles. The number of amides is 1. The van der Waals surface area contributed by atoms with Gasteiger partial charge in [0, 0.05) is 10.9 Å². The van der Waals surface area contributed by atoms with Gasteiger partial charge in [-0.15, -0.1) is 11.3 Å². The highest BCUT2D eigenvalue weighted by Crippen LogP contribution is 2.33. The first-order valence-electron chi connectivity index (χ1n) is 8.68. The van der Waals surface area contributed by atoms with Crippen LogP contribution in [-0.2, 0) is 4.79 Å². The smallest absolute Gasteiger partial charge is 0.264 e. The summed E-state index contributed by atoms with van der Waals surface area (Å²) in [5, 5.41) is 5.17. The van der Waals surface area contributed by atoms with E-state index in [1.807, 2.05) is 55.6 Å². The Kier molecular flexibility index (Phi) is 6.16. The molecule has 0 spiro atoms. The molecular weight excluding hydrogens is 376 g/mol. The van der Waals surface area contributed by atoms with E-state index in [1.54, 1.807) is 14.2 Å². The molecule has 0 aliphatic rings. The zero-order chi connectivity index (χ0) is 20.1. The third-order valence-corrected chi connectivity index (χ3v) is 4.94. The van der Waals surface area contributed by atoms with Crippen LogP contribution in [0.25, 0.3) is 11.3 Å². The normalized spacial score (nSPS) is 10.4. The average Bonchev–Trinajstić information content (AvgIpc) is 3.15. The minimum atomic E-state index is -0.254. The first-order valence-corrected chi connectivity index (χ1v) is 9.56. The van der Waals surface area contributed by atoms with E-state index in [0.29, 0.717) is 16.6 Å². The van der Waals surface area contributed by atoms with Crippen LogP contribution in [0, 0.1) is 13.8 Å². The number of nitrogens with one attached hydrogen (secondary N) is 1. The van der Waals surface area contributed by atoms with Gasteiger partial charge in [0.15, 0.2) is 23.2 Å². The number of hydrogen-bond donors (Lipinski definition) is 1. The second-order valence-corrected chi connectivity index (χ2v) is 7.02. The van der Waals surface area contributed by atoms with Crippen molar-refractivity contribution in [1.29, 1.82) is 0 Å². The molecule has 1 amide bonds. The highest BCUT2D eigenvalue weighted by Gasteiger charge is 2.12. The van der Waals surface area contributed by atoms with Gasteiger partial charge in [0.2, 0.25) is 0 Å². The lowest BCUT2D eigenvalue weighted by molar-refractivity contribution is -0.118. The number of benzene rings is 2. The molecule has 0 aliphatic carbocycles. The van der Waals surface area contributed by atoms with E-state index in [-0.39, 0.29) is 12.5 Å². The Bertz CT molecular complexity index is 964. The van der Waals surface area contributed by atoms with Crippen molar-refractivity contribution in [1.82, 2.24) is 4.98 Å². The Balaban J connectivity index is 1.65. The summed E-state index contributed by atoms with van der Waals surface area (Å²) in [7, 11) is 3.18. The average molecular weight is 398 g/mol. The Hall–Kier alpha value is -3.06. The van der Waals surface area contributed by atoms with Crippen LogP contribution in [-0.4, -0.2) is 31.7 Å². The third-order valence-electron chi connectivity index (χ3n) is 4.19. The van der Waals surface area contributed by atoms with E-state index < -0.39 is 0 Å². The Morgan fingerprint density at radius 2 is 1.79 bits per heavy atom. The number of carbonyl (C=O) groups is 1. The fourth-order valence-electron chi connectivity index (χ4n) is 2.78. The van der Waals surface area contributed by atoms with Gasteiger partial charge < -0.3 is 14.2 Å². The zero-order valence-corrected chi connectivity index (χ0v) is 17.1. The molecule has 0 radical (unpaired) electrons. The summed E-state index contributed by atoms with van der Waals surface area (Å²) >= 11 is 1.35. The van der Waals surface area contributed by atoms with Gasteiger partial charge in [0.05, 0.1) is 19.9 Å². The molecule has 7 heteroatoms. The quantitative estimate of drug-likeness (QED) is 0.636. The SMILES string of the molecule is COc1ccc(-c2csc(NC(=O)COc3c(C)cccc3C)n2)cc1OC. The molecule has 0 saturated carbocycles. The second-order valence-electron chi connectivity index (χ2n) is 6.17. The lowest BCUT2D eigenvalue weighted by Gasteiger charge is -2.11. The fourth-order valence-corrected chi connectivity index (χ4v) is 3.52. The molecule has 3 aromatic rings. The number of anilines is 1. The van der Waals surface area contributed by atoms with Crippen LogP contribution < -0.4 is 19.5 Å². The maximum Gasteiger partial charge on any atom is 0.264 e. The van der Waals surface area contributed by atoms with E-state index in [0.717, 1.165) is 28.1 Å². The number of hydrogen-bond acceptors (Lipinski definition) is 6. The lowest BCUT2D eigenvalue weighted by atomic mass is 10.1. The molecule has 2 aromatic carbocycles. The minimum absolute atomic E-state index is 0.0725. The molecule has 0 atom stereocenters. The Morgan fingerprint density at radius 3 is 2.46 bits per heavy atom. The molecule has 6 nitrogen and oxygen atoms in total. The summed E-state index contributed by atoms with van der Waals surface area (Å²) in [5.74, 6) is 1.76. The molecule has 0 bridgehead atoms. The van der Waals surface area contributed by atoms with Crippen molar-refractivity contribution in [3.05, 3.63) is 52.9 Å². The fraction of sp³-hybridized carbons (Fsp3) is 0.238. The molecule has 28 heavy (non-hydrogen) atoms. The van der Waals surface area contributed by atoms with Crippen molar-refractivity contribution in [2.24, 2.45) is 0 Å². The Labute approximate surface area is 168 Å². The third kappa shape index (κ3) is 4.43. The topological polar surface area (TPSA) is 69.7 Å². The van der Waals surface area contributed by atoms with Crippen LogP contribution in [0.3, 0.4) is 0 Å². The molecule has 1 heterocycles. The summed E-state index contributed by atoms with van der Waals surface area (Å²) < 4.78 is 16.3. The van der Waals surface area contributed by atoms with Crippen molar-refractivity contribution < 1.29 is 19.0 Å². The highest BCUT2D eigenvalue weighted by atomic mass is 32.1. The molecule has 0 fully saturated rings. The van der Waals surface area contributed by atoms with Gasteiger partial charge in [-0.05, 0) is 43.2 Å². The van der Waals surface area contributed by atoms with Crippen LogP contribution in [0.15, 0.2) is 41.8 Å². The highest BCUT2D eigenvalue weighted by molar-refractivity contribution is 7.14.